The predicted octanol–water partition coefficient (Wildman–Crippen LogP) is 10.3. The van der Waals surface area contributed by atoms with Crippen LogP contribution in [0.4, 0.5) is 0 Å². The van der Waals surface area contributed by atoms with Crippen molar-refractivity contribution in [1.82, 2.24) is 0 Å². The molecule has 0 aliphatic heterocycles. The van der Waals surface area contributed by atoms with Crippen molar-refractivity contribution >= 4 is 17.9 Å². The Balaban J connectivity index is 4.45. The fraction of sp³-hybridized carbons (Fsp3) is 0.848. The summed E-state index contributed by atoms with van der Waals surface area (Å²) in [5.41, 5.74) is 0. The van der Waals surface area contributed by atoms with Crippen molar-refractivity contribution in [3.63, 3.8) is 0 Å². The van der Waals surface area contributed by atoms with Crippen LogP contribution in [0.5, 0.6) is 0 Å². The molecule has 0 aromatic heterocycles. The Kier molecular flexibility index (Phi) is 37.1. The number of quaternary nitrogens is 1. The van der Waals surface area contributed by atoms with Crippen LogP contribution in [0.1, 0.15) is 194 Å². The fourth-order valence-corrected chi connectivity index (χ4v) is 6.15. The Morgan fingerprint density at radius 2 is 0.982 bits per heavy atom. The van der Waals surface area contributed by atoms with Crippen molar-refractivity contribution in [2.75, 3.05) is 47.5 Å². The summed E-state index contributed by atoms with van der Waals surface area (Å²) in [5, 5.41) is 11.7. The molecule has 322 valence electrons. The van der Waals surface area contributed by atoms with Gasteiger partial charge in [0, 0.05) is 12.8 Å². The molecule has 9 heteroatoms. The number of ether oxygens (including phenoxy) is 4. The van der Waals surface area contributed by atoms with E-state index < -0.39 is 24.3 Å². The first-order valence-electron chi connectivity index (χ1n) is 22.5. The minimum atomic E-state index is -1.62. The molecule has 0 amide bonds. The molecule has 0 heterocycles. The summed E-state index contributed by atoms with van der Waals surface area (Å²) in [5.74, 6) is -2.30. The van der Waals surface area contributed by atoms with Gasteiger partial charge in [-0.05, 0) is 44.9 Å². The summed E-state index contributed by atoms with van der Waals surface area (Å²) < 4.78 is 22.5. The van der Waals surface area contributed by atoms with E-state index >= 15 is 0 Å². The van der Waals surface area contributed by atoms with Crippen LogP contribution in [0.15, 0.2) is 24.3 Å². The van der Waals surface area contributed by atoms with Crippen molar-refractivity contribution < 1.29 is 42.9 Å². The van der Waals surface area contributed by atoms with Gasteiger partial charge in [-0.15, -0.1) is 0 Å². The maximum absolute atomic E-state index is 12.7. The summed E-state index contributed by atoms with van der Waals surface area (Å²) in [6.45, 7) is 4.70. The van der Waals surface area contributed by atoms with Gasteiger partial charge in [0.15, 0.2) is 12.4 Å². The lowest BCUT2D eigenvalue weighted by Gasteiger charge is -2.26. The molecule has 0 radical (unpaired) electrons. The highest BCUT2D eigenvalue weighted by Crippen LogP contribution is 2.15. The van der Waals surface area contributed by atoms with Gasteiger partial charge < -0.3 is 33.3 Å². The monoisotopic (exact) mass is 780 g/mol. The summed E-state index contributed by atoms with van der Waals surface area (Å²) in [4.78, 5) is 36.9. The van der Waals surface area contributed by atoms with Crippen LogP contribution >= 0.6 is 0 Å². The molecule has 0 aromatic rings. The number of nitrogens with zero attached hydrogens (tertiary/aromatic N) is 1. The first-order valence-corrected chi connectivity index (χ1v) is 22.5. The minimum Gasteiger partial charge on any atom is -0.545 e. The molecule has 0 spiro atoms. The van der Waals surface area contributed by atoms with Gasteiger partial charge >= 0.3 is 11.9 Å². The third-order valence-electron chi connectivity index (χ3n) is 9.70. The van der Waals surface area contributed by atoms with E-state index in [1.165, 1.54) is 103 Å². The van der Waals surface area contributed by atoms with E-state index in [2.05, 4.69) is 38.2 Å². The number of allylic oxidation sites excluding steroid dienone is 4. The average Bonchev–Trinajstić information content (AvgIpc) is 3.14. The zero-order valence-corrected chi connectivity index (χ0v) is 36.3. The molecule has 2 unspecified atom stereocenters. The van der Waals surface area contributed by atoms with Crippen LogP contribution in [0.2, 0.25) is 0 Å². The van der Waals surface area contributed by atoms with Gasteiger partial charge in [0.2, 0.25) is 0 Å². The van der Waals surface area contributed by atoms with E-state index in [4.69, 9.17) is 18.9 Å². The maximum atomic E-state index is 12.7. The molecule has 0 aliphatic carbocycles. The summed E-state index contributed by atoms with van der Waals surface area (Å²) in [6, 6.07) is 0. The first-order chi connectivity index (χ1) is 26.6. The van der Waals surface area contributed by atoms with Crippen LogP contribution in [-0.4, -0.2) is 82.3 Å². The van der Waals surface area contributed by atoms with Crippen molar-refractivity contribution in [3.05, 3.63) is 24.3 Å². The highest BCUT2D eigenvalue weighted by Gasteiger charge is 2.21. The minimum absolute atomic E-state index is 0.146. The average molecular weight is 780 g/mol. The zero-order valence-electron chi connectivity index (χ0n) is 36.3. The second kappa shape index (κ2) is 38.6. The van der Waals surface area contributed by atoms with Crippen LogP contribution in [0.25, 0.3) is 0 Å². The summed E-state index contributed by atoms with van der Waals surface area (Å²) >= 11 is 0. The predicted molar refractivity (Wildman–Crippen MR) is 223 cm³/mol. The Morgan fingerprint density at radius 1 is 0.545 bits per heavy atom. The van der Waals surface area contributed by atoms with E-state index in [-0.39, 0.29) is 32.2 Å². The SMILES string of the molecule is CCCCC/C=C\C/C=C\CCCCCCCC(=O)OC(COC(=O)CCCCCCCCCCCCCCCCC)COC(OCC[N+](C)(C)C)C(=O)[O-]. The third kappa shape index (κ3) is 39.8. The molecular weight excluding hydrogens is 695 g/mol. The number of carboxylic acids is 1. The van der Waals surface area contributed by atoms with Gasteiger partial charge in [0.1, 0.15) is 13.2 Å². The number of hydrogen-bond acceptors (Lipinski definition) is 8. The topological polar surface area (TPSA) is 111 Å². The zero-order chi connectivity index (χ0) is 40.7. The van der Waals surface area contributed by atoms with Gasteiger partial charge in [-0.3, -0.25) is 9.59 Å². The first kappa shape index (κ1) is 52.8. The summed E-state index contributed by atoms with van der Waals surface area (Å²) in [6.07, 6.45) is 37.7. The highest BCUT2D eigenvalue weighted by atomic mass is 16.7. The Hall–Kier alpha value is -2.23. The van der Waals surface area contributed by atoms with E-state index in [9.17, 15) is 19.5 Å². The van der Waals surface area contributed by atoms with Crippen molar-refractivity contribution in [2.24, 2.45) is 0 Å². The smallest absolute Gasteiger partial charge is 0.306 e. The van der Waals surface area contributed by atoms with Crippen LogP contribution in [0.3, 0.4) is 0 Å². The molecule has 0 bridgehead atoms. The van der Waals surface area contributed by atoms with E-state index in [0.717, 1.165) is 57.8 Å². The van der Waals surface area contributed by atoms with Gasteiger partial charge in [-0.25, -0.2) is 0 Å². The standard InChI is InChI=1S/C46H85NO8/c1-6-8-10-12-14-16-18-20-22-24-26-28-30-32-34-36-43(48)53-40-42(41-54-46(45(50)51)52-39-38-47(3,4)5)55-44(49)37-35-33-31-29-27-25-23-21-19-17-15-13-11-9-7-2/h15,17,21,23,42,46H,6-14,16,18-20,22,24-41H2,1-5H3/b17-15-,23-21-. The van der Waals surface area contributed by atoms with Crippen molar-refractivity contribution in [1.29, 1.82) is 0 Å². The Morgan fingerprint density at radius 3 is 1.47 bits per heavy atom. The third-order valence-corrected chi connectivity index (χ3v) is 9.70. The largest absolute Gasteiger partial charge is 0.545 e. The van der Waals surface area contributed by atoms with Crippen LogP contribution < -0.4 is 5.11 Å². The highest BCUT2D eigenvalue weighted by molar-refractivity contribution is 5.70. The number of carbonyl (C=O) groups is 3. The molecule has 55 heavy (non-hydrogen) atoms. The van der Waals surface area contributed by atoms with Crippen LogP contribution in [0, 0.1) is 0 Å². The van der Waals surface area contributed by atoms with Gasteiger partial charge in [0.25, 0.3) is 0 Å². The van der Waals surface area contributed by atoms with Crippen LogP contribution in [-0.2, 0) is 33.3 Å². The second-order valence-corrected chi connectivity index (χ2v) is 16.3. The molecule has 0 saturated heterocycles. The molecular formula is C46H85NO8. The number of carboxylic acid groups (broad SMARTS) is 1. The lowest BCUT2D eigenvalue weighted by atomic mass is 10.0. The Labute approximate surface area is 337 Å². The lowest BCUT2D eigenvalue weighted by Crippen LogP contribution is -2.44. The van der Waals surface area contributed by atoms with Gasteiger partial charge in [-0.1, -0.05) is 160 Å². The molecule has 2 atom stereocenters. The normalized spacial score (nSPS) is 13.1. The number of likely N-dealkylation sites (N-methyl/N-ethyl adjacent to an activating group) is 1. The molecule has 0 aromatic carbocycles. The number of hydrogen-bond donors (Lipinski definition) is 0. The number of unbranched alkanes of at least 4 members (excludes halogenated alkanes) is 22. The van der Waals surface area contributed by atoms with Crippen molar-refractivity contribution in [2.45, 2.75) is 206 Å². The molecule has 0 rings (SSSR count). The summed E-state index contributed by atoms with van der Waals surface area (Å²) in [7, 11) is 5.90. The van der Waals surface area contributed by atoms with E-state index in [1.807, 2.05) is 21.1 Å². The maximum Gasteiger partial charge on any atom is 0.306 e. The fourth-order valence-electron chi connectivity index (χ4n) is 6.15. The Bertz CT molecular complexity index is 960. The van der Waals surface area contributed by atoms with Crippen molar-refractivity contribution in [3.8, 4) is 0 Å². The lowest BCUT2D eigenvalue weighted by molar-refractivity contribution is -0.870. The van der Waals surface area contributed by atoms with Gasteiger partial charge in [-0.2, -0.15) is 0 Å². The molecule has 0 fully saturated rings. The number of aliphatic carboxylic acids is 1. The van der Waals surface area contributed by atoms with E-state index in [1.54, 1.807) is 0 Å². The number of rotatable bonds is 41. The molecule has 0 aliphatic rings. The number of esters is 2. The molecule has 0 saturated carbocycles. The van der Waals surface area contributed by atoms with E-state index in [0.29, 0.717) is 23.9 Å². The second-order valence-electron chi connectivity index (χ2n) is 16.3. The van der Waals surface area contributed by atoms with Gasteiger partial charge in [0.05, 0.1) is 40.3 Å². The molecule has 9 nitrogen and oxygen atoms in total. The quantitative estimate of drug-likeness (QED) is 0.0198. The number of carbonyl (C=O) groups excluding carboxylic acids is 3. The molecule has 0 N–H and O–H groups in total.